The second-order valence-corrected chi connectivity index (χ2v) is 4.82. The standard InChI is InChI=1S/C14H17ClN2O2/c1-9-10(2)19-14(17-9)8-16-7-13(18)11-5-3-4-6-12(11)15/h3-6,13,16,18H,7-8H2,1-2H3. The third kappa shape index (κ3) is 3.56. The molecule has 2 rings (SSSR count). The Bertz CT molecular complexity index is 535. The van der Waals surface area contributed by atoms with Crippen LogP contribution in [0.1, 0.15) is 29.0 Å². The van der Waals surface area contributed by atoms with E-state index < -0.39 is 6.10 Å². The largest absolute Gasteiger partial charge is 0.444 e. The smallest absolute Gasteiger partial charge is 0.208 e. The Hall–Kier alpha value is -1.36. The molecule has 19 heavy (non-hydrogen) atoms. The number of halogens is 1. The van der Waals surface area contributed by atoms with E-state index in [1.807, 2.05) is 32.0 Å². The summed E-state index contributed by atoms with van der Waals surface area (Å²) in [5, 5.41) is 13.7. The number of hydrogen-bond acceptors (Lipinski definition) is 4. The van der Waals surface area contributed by atoms with Crippen molar-refractivity contribution in [3.63, 3.8) is 0 Å². The number of nitrogens with one attached hydrogen (secondary N) is 1. The van der Waals surface area contributed by atoms with Crippen molar-refractivity contribution in [1.82, 2.24) is 10.3 Å². The fourth-order valence-corrected chi connectivity index (χ4v) is 2.05. The molecule has 1 atom stereocenters. The number of benzene rings is 1. The van der Waals surface area contributed by atoms with Gasteiger partial charge in [-0.05, 0) is 19.9 Å². The van der Waals surface area contributed by atoms with Crippen LogP contribution in [0.15, 0.2) is 28.7 Å². The molecule has 0 aliphatic carbocycles. The Kier molecular flexibility index (Phi) is 4.58. The summed E-state index contributed by atoms with van der Waals surface area (Å²) in [6, 6.07) is 7.27. The van der Waals surface area contributed by atoms with E-state index in [4.69, 9.17) is 16.0 Å². The van der Waals surface area contributed by atoms with Crippen molar-refractivity contribution in [1.29, 1.82) is 0 Å². The molecule has 1 aromatic heterocycles. The van der Waals surface area contributed by atoms with E-state index >= 15 is 0 Å². The van der Waals surface area contributed by atoms with Crippen molar-refractivity contribution in [3.05, 3.63) is 52.2 Å². The molecule has 2 aromatic rings. The molecule has 102 valence electrons. The molecule has 0 spiro atoms. The van der Waals surface area contributed by atoms with Gasteiger partial charge in [0.15, 0.2) is 0 Å². The topological polar surface area (TPSA) is 58.3 Å². The van der Waals surface area contributed by atoms with E-state index in [0.717, 1.165) is 17.0 Å². The van der Waals surface area contributed by atoms with Gasteiger partial charge in [0.2, 0.25) is 5.89 Å². The summed E-state index contributed by atoms with van der Waals surface area (Å²) in [4.78, 5) is 4.26. The van der Waals surface area contributed by atoms with Crippen molar-refractivity contribution in [2.24, 2.45) is 0 Å². The minimum Gasteiger partial charge on any atom is -0.444 e. The van der Waals surface area contributed by atoms with Gasteiger partial charge in [0.05, 0.1) is 18.3 Å². The van der Waals surface area contributed by atoms with Gasteiger partial charge in [0.25, 0.3) is 0 Å². The molecule has 1 aromatic carbocycles. The number of aryl methyl sites for hydroxylation is 2. The van der Waals surface area contributed by atoms with Gasteiger partial charge >= 0.3 is 0 Å². The highest BCUT2D eigenvalue weighted by Crippen LogP contribution is 2.21. The molecule has 2 N–H and O–H groups in total. The summed E-state index contributed by atoms with van der Waals surface area (Å²) in [5.41, 5.74) is 1.61. The average molecular weight is 281 g/mol. The van der Waals surface area contributed by atoms with E-state index in [0.29, 0.717) is 24.0 Å². The summed E-state index contributed by atoms with van der Waals surface area (Å²) < 4.78 is 5.44. The summed E-state index contributed by atoms with van der Waals surface area (Å²) in [7, 11) is 0. The Morgan fingerprint density at radius 3 is 2.74 bits per heavy atom. The maximum absolute atomic E-state index is 10.0. The monoisotopic (exact) mass is 280 g/mol. The maximum Gasteiger partial charge on any atom is 0.208 e. The molecule has 1 unspecified atom stereocenters. The molecule has 0 amide bonds. The second-order valence-electron chi connectivity index (χ2n) is 4.42. The number of aliphatic hydroxyl groups is 1. The first-order valence-corrected chi connectivity index (χ1v) is 6.52. The van der Waals surface area contributed by atoms with Gasteiger partial charge in [-0.25, -0.2) is 4.98 Å². The highest BCUT2D eigenvalue weighted by Gasteiger charge is 2.11. The molecule has 0 bridgehead atoms. The Morgan fingerprint density at radius 2 is 2.11 bits per heavy atom. The lowest BCUT2D eigenvalue weighted by molar-refractivity contribution is 0.173. The van der Waals surface area contributed by atoms with E-state index in [-0.39, 0.29) is 0 Å². The van der Waals surface area contributed by atoms with Gasteiger partial charge in [-0.15, -0.1) is 0 Å². The quantitative estimate of drug-likeness (QED) is 0.884. The van der Waals surface area contributed by atoms with Crippen LogP contribution in [0.2, 0.25) is 5.02 Å². The number of hydrogen-bond donors (Lipinski definition) is 2. The third-order valence-electron chi connectivity index (χ3n) is 2.95. The predicted molar refractivity (Wildman–Crippen MR) is 74.1 cm³/mol. The summed E-state index contributed by atoms with van der Waals surface area (Å²) >= 11 is 6.02. The van der Waals surface area contributed by atoms with Gasteiger partial charge < -0.3 is 14.8 Å². The van der Waals surface area contributed by atoms with Crippen LogP contribution in [-0.4, -0.2) is 16.6 Å². The van der Waals surface area contributed by atoms with Crippen LogP contribution in [0.4, 0.5) is 0 Å². The molecule has 5 heteroatoms. The lowest BCUT2D eigenvalue weighted by Gasteiger charge is -2.12. The van der Waals surface area contributed by atoms with Crippen LogP contribution in [-0.2, 0) is 6.54 Å². The molecule has 0 saturated heterocycles. The molecule has 0 aliphatic heterocycles. The fraction of sp³-hybridized carbons (Fsp3) is 0.357. The Labute approximate surface area is 117 Å². The molecule has 0 radical (unpaired) electrons. The first-order valence-electron chi connectivity index (χ1n) is 6.14. The minimum absolute atomic E-state index is 0.393. The lowest BCUT2D eigenvalue weighted by atomic mass is 10.1. The van der Waals surface area contributed by atoms with Gasteiger partial charge in [0.1, 0.15) is 5.76 Å². The zero-order valence-corrected chi connectivity index (χ0v) is 11.7. The molecule has 0 saturated carbocycles. The van der Waals surface area contributed by atoms with E-state index in [1.165, 1.54) is 0 Å². The van der Waals surface area contributed by atoms with Crippen LogP contribution in [0, 0.1) is 13.8 Å². The summed E-state index contributed by atoms with van der Waals surface area (Å²) in [6.45, 7) is 4.66. The molecule has 0 fully saturated rings. The first-order chi connectivity index (χ1) is 9.08. The van der Waals surface area contributed by atoms with E-state index in [2.05, 4.69) is 10.3 Å². The van der Waals surface area contributed by atoms with Gasteiger partial charge in [0, 0.05) is 17.1 Å². The highest BCUT2D eigenvalue weighted by molar-refractivity contribution is 6.31. The number of aliphatic hydroxyl groups excluding tert-OH is 1. The lowest BCUT2D eigenvalue weighted by Crippen LogP contribution is -2.21. The zero-order chi connectivity index (χ0) is 13.8. The van der Waals surface area contributed by atoms with Crippen molar-refractivity contribution in [2.75, 3.05) is 6.54 Å². The average Bonchev–Trinajstić information content (AvgIpc) is 2.69. The molecular weight excluding hydrogens is 264 g/mol. The minimum atomic E-state index is -0.647. The van der Waals surface area contributed by atoms with Crippen molar-refractivity contribution >= 4 is 11.6 Å². The second kappa shape index (κ2) is 6.19. The Morgan fingerprint density at radius 1 is 1.37 bits per heavy atom. The number of aromatic nitrogens is 1. The van der Waals surface area contributed by atoms with Crippen LogP contribution in [0.25, 0.3) is 0 Å². The molecule has 0 aliphatic rings. The van der Waals surface area contributed by atoms with Gasteiger partial charge in [-0.3, -0.25) is 0 Å². The SMILES string of the molecule is Cc1nc(CNCC(O)c2ccccc2Cl)oc1C. The highest BCUT2D eigenvalue weighted by atomic mass is 35.5. The van der Waals surface area contributed by atoms with Crippen molar-refractivity contribution in [2.45, 2.75) is 26.5 Å². The van der Waals surface area contributed by atoms with Crippen LogP contribution in [0.3, 0.4) is 0 Å². The van der Waals surface area contributed by atoms with Crippen LogP contribution >= 0.6 is 11.6 Å². The Balaban J connectivity index is 1.87. The van der Waals surface area contributed by atoms with E-state index in [1.54, 1.807) is 6.07 Å². The molecule has 4 nitrogen and oxygen atoms in total. The van der Waals surface area contributed by atoms with Crippen LogP contribution in [0.5, 0.6) is 0 Å². The number of oxazole rings is 1. The number of nitrogens with zero attached hydrogens (tertiary/aromatic N) is 1. The molecule has 1 heterocycles. The third-order valence-corrected chi connectivity index (χ3v) is 3.30. The van der Waals surface area contributed by atoms with Crippen molar-refractivity contribution in [3.8, 4) is 0 Å². The fourth-order valence-electron chi connectivity index (χ4n) is 1.79. The van der Waals surface area contributed by atoms with Crippen molar-refractivity contribution < 1.29 is 9.52 Å². The first kappa shape index (κ1) is 14.1. The zero-order valence-electron chi connectivity index (χ0n) is 11.0. The summed E-state index contributed by atoms with van der Waals surface area (Å²) in [6.07, 6.45) is -0.647. The van der Waals surface area contributed by atoms with Gasteiger partial charge in [-0.2, -0.15) is 0 Å². The van der Waals surface area contributed by atoms with Gasteiger partial charge in [-0.1, -0.05) is 29.8 Å². The predicted octanol–water partition coefficient (Wildman–Crippen LogP) is 2.77. The summed E-state index contributed by atoms with van der Waals surface area (Å²) in [5.74, 6) is 1.45. The molecular formula is C14H17ClN2O2. The number of rotatable bonds is 5. The maximum atomic E-state index is 10.0. The normalized spacial score (nSPS) is 12.6. The van der Waals surface area contributed by atoms with E-state index in [9.17, 15) is 5.11 Å². The van der Waals surface area contributed by atoms with Crippen LogP contribution < -0.4 is 5.32 Å².